The molecule has 2 rings (SSSR count). The third-order valence-electron chi connectivity index (χ3n) is 2.25. The second-order valence-corrected chi connectivity index (χ2v) is 3.53. The van der Waals surface area contributed by atoms with Gasteiger partial charge >= 0.3 is 0 Å². The van der Waals surface area contributed by atoms with Gasteiger partial charge in [0.05, 0.1) is 6.21 Å². The van der Waals surface area contributed by atoms with Crippen molar-refractivity contribution in [1.29, 1.82) is 0 Å². The zero-order valence-corrected chi connectivity index (χ0v) is 8.07. The standard InChI is InChI=1S/C10H13N3O/c1-7-8(6-11-14)2-5-10(12-7)13-9-3-4-9/h2,5-6,9,14H,3-4H2,1H3,(H,12,13)/b11-6+. The average Bonchev–Trinajstić information content (AvgIpc) is 2.94. The number of hydrogen-bond donors (Lipinski definition) is 2. The summed E-state index contributed by atoms with van der Waals surface area (Å²) in [6.07, 6.45) is 3.87. The molecule has 74 valence electrons. The van der Waals surface area contributed by atoms with Gasteiger partial charge in [0.15, 0.2) is 0 Å². The fourth-order valence-corrected chi connectivity index (χ4v) is 1.29. The van der Waals surface area contributed by atoms with E-state index in [0.717, 1.165) is 17.1 Å². The summed E-state index contributed by atoms with van der Waals surface area (Å²) in [4.78, 5) is 4.36. The Morgan fingerprint density at radius 3 is 2.93 bits per heavy atom. The minimum Gasteiger partial charge on any atom is -0.411 e. The first-order valence-electron chi connectivity index (χ1n) is 4.71. The molecule has 4 nitrogen and oxygen atoms in total. The molecule has 1 aromatic heterocycles. The second kappa shape index (κ2) is 3.65. The topological polar surface area (TPSA) is 57.5 Å². The van der Waals surface area contributed by atoms with Gasteiger partial charge in [0.1, 0.15) is 5.82 Å². The molecule has 2 N–H and O–H groups in total. The SMILES string of the molecule is Cc1nc(NC2CC2)ccc1/C=N/O. The van der Waals surface area contributed by atoms with Crippen LogP contribution in [0.3, 0.4) is 0 Å². The average molecular weight is 191 g/mol. The zero-order chi connectivity index (χ0) is 9.97. The summed E-state index contributed by atoms with van der Waals surface area (Å²) in [7, 11) is 0. The fourth-order valence-electron chi connectivity index (χ4n) is 1.29. The molecule has 0 amide bonds. The van der Waals surface area contributed by atoms with Crippen molar-refractivity contribution < 1.29 is 5.21 Å². The van der Waals surface area contributed by atoms with Crippen LogP contribution in [0.5, 0.6) is 0 Å². The molecule has 0 bridgehead atoms. The number of oxime groups is 1. The van der Waals surface area contributed by atoms with Crippen molar-refractivity contribution >= 4 is 12.0 Å². The Morgan fingerprint density at radius 2 is 2.36 bits per heavy atom. The monoisotopic (exact) mass is 191 g/mol. The first-order chi connectivity index (χ1) is 6.79. The van der Waals surface area contributed by atoms with Crippen LogP contribution in [0.25, 0.3) is 0 Å². The lowest BCUT2D eigenvalue weighted by Crippen LogP contribution is -2.04. The lowest BCUT2D eigenvalue weighted by molar-refractivity contribution is 0.322. The van der Waals surface area contributed by atoms with E-state index in [4.69, 9.17) is 5.21 Å². The van der Waals surface area contributed by atoms with Crippen LogP contribution in [-0.2, 0) is 0 Å². The minimum atomic E-state index is 0.610. The number of anilines is 1. The molecule has 0 aliphatic heterocycles. The Labute approximate surface area is 82.7 Å². The highest BCUT2D eigenvalue weighted by molar-refractivity contribution is 5.80. The van der Waals surface area contributed by atoms with E-state index < -0.39 is 0 Å². The second-order valence-electron chi connectivity index (χ2n) is 3.53. The van der Waals surface area contributed by atoms with Crippen LogP contribution < -0.4 is 5.32 Å². The molecule has 1 saturated carbocycles. The molecule has 1 aliphatic rings. The van der Waals surface area contributed by atoms with Crippen LogP contribution >= 0.6 is 0 Å². The van der Waals surface area contributed by atoms with Crippen LogP contribution in [0, 0.1) is 6.92 Å². The summed E-state index contributed by atoms with van der Waals surface area (Å²) < 4.78 is 0. The minimum absolute atomic E-state index is 0.610. The van der Waals surface area contributed by atoms with Crippen molar-refractivity contribution in [2.75, 3.05) is 5.32 Å². The van der Waals surface area contributed by atoms with Gasteiger partial charge in [-0.3, -0.25) is 0 Å². The van der Waals surface area contributed by atoms with Gasteiger partial charge in [-0.15, -0.1) is 0 Å². The van der Waals surface area contributed by atoms with Gasteiger partial charge in [-0.1, -0.05) is 5.16 Å². The van der Waals surface area contributed by atoms with Crippen molar-refractivity contribution in [2.24, 2.45) is 5.16 Å². The summed E-state index contributed by atoms with van der Waals surface area (Å²) in [5.74, 6) is 0.903. The van der Waals surface area contributed by atoms with Gasteiger partial charge in [0, 0.05) is 17.3 Å². The predicted molar refractivity (Wildman–Crippen MR) is 55.0 cm³/mol. The van der Waals surface area contributed by atoms with E-state index >= 15 is 0 Å². The highest BCUT2D eigenvalue weighted by atomic mass is 16.4. The summed E-state index contributed by atoms with van der Waals surface area (Å²) >= 11 is 0. The summed E-state index contributed by atoms with van der Waals surface area (Å²) in [6.45, 7) is 1.90. The molecule has 1 fully saturated rings. The van der Waals surface area contributed by atoms with Crippen molar-refractivity contribution in [2.45, 2.75) is 25.8 Å². The Bertz CT molecular complexity index is 358. The third kappa shape index (κ3) is 2.02. The molecule has 0 saturated heterocycles. The molecule has 0 atom stereocenters. The molecule has 0 aromatic carbocycles. The Morgan fingerprint density at radius 1 is 1.57 bits per heavy atom. The molecule has 1 heterocycles. The van der Waals surface area contributed by atoms with Crippen molar-refractivity contribution in [1.82, 2.24) is 4.98 Å². The Hall–Kier alpha value is -1.58. The number of pyridine rings is 1. The van der Waals surface area contributed by atoms with Gasteiger partial charge in [-0.2, -0.15) is 0 Å². The van der Waals surface area contributed by atoms with Crippen LogP contribution in [0.2, 0.25) is 0 Å². The molecular weight excluding hydrogens is 178 g/mol. The molecule has 0 spiro atoms. The maximum Gasteiger partial charge on any atom is 0.126 e. The third-order valence-corrected chi connectivity index (χ3v) is 2.25. The van der Waals surface area contributed by atoms with Crippen LogP contribution in [-0.4, -0.2) is 22.4 Å². The number of aryl methyl sites for hydroxylation is 1. The smallest absolute Gasteiger partial charge is 0.126 e. The Balaban J connectivity index is 2.16. The number of aromatic nitrogens is 1. The fraction of sp³-hybridized carbons (Fsp3) is 0.400. The predicted octanol–water partition coefficient (Wildman–Crippen LogP) is 1.77. The maximum atomic E-state index is 8.39. The summed E-state index contributed by atoms with van der Waals surface area (Å²) in [6, 6.07) is 4.41. The highest BCUT2D eigenvalue weighted by Gasteiger charge is 2.21. The van der Waals surface area contributed by atoms with E-state index in [2.05, 4.69) is 15.5 Å². The van der Waals surface area contributed by atoms with Crippen molar-refractivity contribution in [3.63, 3.8) is 0 Å². The van der Waals surface area contributed by atoms with E-state index in [1.165, 1.54) is 19.1 Å². The molecular formula is C10H13N3O. The van der Waals surface area contributed by atoms with Gasteiger partial charge in [0.25, 0.3) is 0 Å². The van der Waals surface area contributed by atoms with Crippen molar-refractivity contribution in [3.8, 4) is 0 Å². The van der Waals surface area contributed by atoms with Gasteiger partial charge in [-0.25, -0.2) is 4.98 Å². The van der Waals surface area contributed by atoms with Gasteiger partial charge in [0.2, 0.25) is 0 Å². The number of rotatable bonds is 3. The summed E-state index contributed by atoms with van der Waals surface area (Å²) in [5.41, 5.74) is 1.71. The molecule has 4 heteroatoms. The van der Waals surface area contributed by atoms with Gasteiger partial charge in [-0.05, 0) is 31.9 Å². The number of hydrogen-bond acceptors (Lipinski definition) is 4. The van der Waals surface area contributed by atoms with E-state index in [1.54, 1.807) is 0 Å². The largest absolute Gasteiger partial charge is 0.411 e. The van der Waals surface area contributed by atoms with E-state index in [-0.39, 0.29) is 0 Å². The van der Waals surface area contributed by atoms with Crippen LogP contribution in [0.1, 0.15) is 24.1 Å². The van der Waals surface area contributed by atoms with Crippen LogP contribution in [0.4, 0.5) is 5.82 Å². The normalized spacial score (nSPS) is 16.1. The highest BCUT2D eigenvalue weighted by Crippen LogP contribution is 2.23. The first kappa shape index (κ1) is 8.99. The lowest BCUT2D eigenvalue weighted by atomic mass is 10.2. The molecule has 0 unspecified atom stereocenters. The van der Waals surface area contributed by atoms with Crippen molar-refractivity contribution in [3.05, 3.63) is 23.4 Å². The first-order valence-corrected chi connectivity index (χ1v) is 4.71. The Kier molecular flexibility index (Phi) is 2.35. The molecule has 0 radical (unpaired) electrons. The van der Waals surface area contributed by atoms with E-state index in [0.29, 0.717) is 6.04 Å². The maximum absolute atomic E-state index is 8.39. The summed E-state index contributed by atoms with van der Waals surface area (Å²) in [5, 5.41) is 14.7. The molecule has 1 aromatic rings. The molecule has 14 heavy (non-hydrogen) atoms. The molecule has 1 aliphatic carbocycles. The number of nitrogens with zero attached hydrogens (tertiary/aromatic N) is 2. The van der Waals surface area contributed by atoms with Gasteiger partial charge < -0.3 is 10.5 Å². The quantitative estimate of drug-likeness (QED) is 0.435. The van der Waals surface area contributed by atoms with E-state index in [1.807, 2.05) is 19.1 Å². The van der Waals surface area contributed by atoms with E-state index in [9.17, 15) is 0 Å². The number of nitrogens with one attached hydrogen (secondary N) is 1. The lowest BCUT2D eigenvalue weighted by Gasteiger charge is -2.05. The van der Waals surface area contributed by atoms with Crippen LogP contribution in [0.15, 0.2) is 17.3 Å². The zero-order valence-electron chi connectivity index (χ0n) is 8.07.